The molecule has 0 heterocycles. The molecule has 3 heteroatoms. The third kappa shape index (κ3) is 2.93. The van der Waals surface area contributed by atoms with Crippen molar-refractivity contribution in [1.82, 2.24) is 0 Å². The molecule has 0 fully saturated rings. The Morgan fingerprint density at radius 2 is 2.00 bits per heavy atom. The van der Waals surface area contributed by atoms with E-state index in [0.717, 1.165) is 11.3 Å². The molecule has 1 rings (SSSR count). The van der Waals surface area contributed by atoms with Crippen molar-refractivity contribution in [3.63, 3.8) is 0 Å². The number of benzene rings is 1. The van der Waals surface area contributed by atoms with E-state index in [1.54, 1.807) is 0 Å². The minimum Gasteiger partial charge on any atom is -0.330 e. The summed E-state index contributed by atoms with van der Waals surface area (Å²) in [6.07, 6.45) is 0.819. The quantitative estimate of drug-likeness (QED) is 0.824. The molecule has 2 N–H and O–H groups in total. The van der Waals surface area contributed by atoms with Gasteiger partial charge in [0.1, 0.15) is 0 Å². The van der Waals surface area contributed by atoms with Gasteiger partial charge in [-0.05, 0) is 50.1 Å². The Morgan fingerprint density at radius 3 is 2.57 bits per heavy atom. The number of rotatable bonds is 4. The van der Waals surface area contributed by atoms with Crippen LogP contribution in [0.25, 0.3) is 0 Å². The zero-order chi connectivity index (χ0) is 10.6. The maximum Gasteiger partial charge on any atom is 0.0530 e. The van der Waals surface area contributed by atoms with Crippen LogP contribution in [0.3, 0.4) is 0 Å². The van der Waals surface area contributed by atoms with Crippen molar-refractivity contribution in [3.05, 3.63) is 29.3 Å². The molecule has 78 valence electrons. The van der Waals surface area contributed by atoms with Crippen LogP contribution in [0.1, 0.15) is 17.5 Å². The lowest BCUT2D eigenvalue weighted by Crippen LogP contribution is -2.06. The fourth-order valence-corrected chi connectivity index (χ4v) is 2.38. The highest BCUT2D eigenvalue weighted by atomic mass is 32.2. The van der Waals surface area contributed by atoms with Crippen LogP contribution in [-0.4, -0.2) is 16.5 Å². The van der Waals surface area contributed by atoms with E-state index >= 15 is 0 Å². The lowest BCUT2D eigenvalue weighted by Gasteiger charge is -2.04. The smallest absolute Gasteiger partial charge is 0.0530 e. The SMILES string of the molecule is Cc1ccc(S(=O)CCCN)cc1C. The Kier molecular flexibility index (Phi) is 4.29. The maximum atomic E-state index is 11.7. The van der Waals surface area contributed by atoms with Gasteiger partial charge < -0.3 is 5.73 Å². The molecule has 0 aliphatic carbocycles. The van der Waals surface area contributed by atoms with Crippen LogP contribution in [0, 0.1) is 13.8 Å². The summed E-state index contributed by atoms with van der Waals surface area (Å²) in [7, 11) is -0.882. The third-order valence-electron chi connectivity index (χ3n) is 2.28. The van der Waals surface area contributed by atoms with Crippen molar-refractivity contribution in [3.8, 4) is 0 Å². The van der Waals surface area contributed by atoms with Crippen molar-refractivity contribution in [1.29, 1.82) is 0 Å². The first kappa shape index (κ1) is 11.4. The highest BCUT2D eigenvalue weighted by Crippen LogP contribution is 2.13. The average Bonchev–Trinajstić information content (AvgIpc) is 2.18. The zero-order valence-electron chi connectivity index (χ0n) is 8.75. The minimum absolute atomic E-state index is 0.608. The number of hydrogen-bond donors (Lipinski definition) is 1. The topological polar surface area (TPSA) is 43.1 Å². The third-order valence-corrected chi connectivity index (χ3v) is 3.71. The summed E-state index contributed by atoms with van der Waals surface area (Å²) in [4.78, 5) is 0.918. The van der Waals surface area contributed by atoms with Crippen molar-refractivity contribution in [2.24, 2.45) is 5.73 Å². The van der Waals surface area contributed by atoms with Gasteiger partial charge in [-0.25, -0.2) is 0 Å². The summed E-state index contributed by atoms with van der Waals surface area (Å²) < 4.78 is 11.7. The standard InChI is InChI=1S/C11H17NOS/c1-9-4-5-11(8-10(9)2)14(13)7-3-6-12/h4-5,8H,3,6-7,12H2,1-2H3. The summed E-state index contributed by atoms with van der Waals surface area (Å²) in [5, 5.41) is 0. The van der Waals surface area contributed by atoms with Crippen molar-refractivity contribution in [2.45, 2.75) is 25.2 Å². The van der Waals surface area contributed by atoms with E-state index in [-0.39, 0.29) is 0 Å². The molecular formula is C11H17NOS. The van der Waals surface area contributed by atoms with E-state index < -0.39 is 10.8 Å². The lowest BCUT2D eigenvalue weighted by molar-refractivity contribution is 0.680. The Morgan fingerprint density at radius 1 is 1.29 bits per heavy atom. The summed E-state index contributed by atoms with van der Waals surface area (Å²) in [6, 6.07) is 5.96. The molecule has 0 bridgehead atoms. The Labute approximate surface area is 88.0 Å². The molecule has 1 atom stereocenters. The van der Waals surface area contributed by atoms with Gasteiger partial charge in [-0.1, -0.05) is 6.07 Å². The predicted molar refractivity (Wildman–Crippen MR) is 60.9 cm³/mol. The van der Waals surface area contributed by atoms with Gasteiger partial charge >= 0.3 is 0 Å². The monoisotopic (exact) mass is 211 g/mol. The van der Waals surface area contributed by atoms with Crippen molar-refractivity contribution < 1.29 is 4.21 Å². The van der Waals surface area contributed by atoms with Crippen LogP contribution < -0.4 is 5.73 Å². The predicted octanol–water partition coefficient (Wildman–Crippen LogP) is 1.76. The molecule has 2 nitrogen and oxygen atoms in total. The molecule has 1 aromatic carbocycles. The molecule has 0 radical (unpaired) electrons. The molecule has 1 unspecified atom stereocenters. The van der Waals surface area contributed by atoms with E-state index in [2.05, 4.69) is 6.92 Å². The van der Waals surface area contributed by atoms with Crippen LogP contribution >= 0.6 is 0 Å². The van der Waals surface area contributed by atoms with E-state index in [9.17, 15) is 4.21 Å². The molecule has 0 amide bonds. The summed E-state index contributed by atoms with van der Waals surface area (Å²) in [6.45, 7) is 4.71. The Balaban J connectivity index is 2.76. The highest BCUT2D eigenvalue weighted by Gasteiger charge is 2.03. The van der Waals surface area contributed by atoms with Gasteiger partial charge in [-0.2, -0.15) is 0 Å². The number of nitrogens with two attached hydrogens (primary N) is 1. The molecule has 0 saturated carbocycles. The first-order valence-electron chi connectivity index (χ1n) is 4.81. The number of aryl methyl sites for hydroxylation is 2. The number of hydrogen-bond acceptors (Lipinski definition) is 2. The first-order valence-corrected chi connectivity index (χ1v) is 6.12. The summed E-state index contributed by atoms with van der Waals surface area (Å²) in [5.41, 5.74) is 7.81. The molecule has 1 aromatic rings. The molecule has 0 spiro atoms. The second-order valence-corrected chi connectivity index (χ2v) is 5.01. The highest BCUT2D eigenvalue weighted by molar-refractivity contribution is 7.85. The van der Waals surface area contributed by atoms with Crippen LogP contribution in [0.15, 0.2) is 23.1 Å². The van der Waals surface area contributed by atoms with Crippen LogP contribution in [0.4, 0.5) is 0 Å². The normalized spacial score (nSPS) is 12.8. The molecular weight excluding hydrogens is 194 g/mol. The van der Waals surface area contributed by atoms with Crippen molar-refractivity contribution in [2.75, 3.05) is 12.3 Å². The van der Waals surface area contributed by atoms with E-state index in [1.807, 2.05) is 25.1 Å². The molecule has 14 heavy (non-hydrogen) atoms. The summed E-state index contributed by atoms with van der Waals surface area (Å²) in [5.74, 6) is 0.666. The lowest BCUT2D eigenvalue weighted by atomic mass is 10.1. The zero-order valence-corrected chi connectivity index (χ0v) is 9.56. The second kappa shape index (κ2) is 5.27. The molecule has 0 aliphatic rings. The average molecular weight is 211 g/mol. The molecule has 0 saturated heterocycles. The summed E-state index contributed by atoms with van der Waals surface area (Å²) >= 11 is 0. The van der Waals surface area contributed by atoms with Gasteiger partial charge in [0, 0.05) is 10.6 Å². The largest absolute Gasteiger partial charge is 0.330 e. The maximum absolute atomic E-state index is 11.7. The Bertz CT molecular complexity index is 336. The van der Waals surface area contributed by atoms with Gasteiger partial charge in [-0.3, -0.25) is 4.21 Å². The van der Waals surface area contributed by atoms with E-state index in [1.165, 1.54) is 11.1 Å². The fourth-order valence-electron chi connectivity index (χ4n) is 1.19. The van der Waals surface area contributed by atoms with Gasteiger partial charge in [0.2, 0.25) is 0 Å². The fraction of sp³-hybridized carbons (Fsp3) is 0.455. The van der Waals surface area contributed by atoms with Crippen LogP contribution in [-0.2, 0) is 10.8 Å². The van der Waals surface area contributed by atoms with Gasteiger partial charge in [0.15, 0.2) is 0 Å². The minimum atomic E-state index is -0.882. The van der Waals surface area contributed by atoms with Crippen molar-refractivity contribution >= 4 is 10.8 Å². The van der Waals surface area contributed by atoms with Gasteiger partial charge in [0.05, 0.1) is 10.8 Å². The van der Waals surface area contributed by atoms with Crippen LogP contribution in [0.5, 0.6) is 0 Å². The second-order valence-electron chi connectivity index (χ2n) is 3.44. The van der Waals surface area contributed by atoms with E-state index in [0.29, 0.717) is 12.3 Å². The first-order chi connectivity index (χ1) is 6.65. The van der Waals surface area contributed by atoms with E-state index in [4.69, 9.17) is 5.73 Å². The van der Waals surface area contributed by atoms with Gasteiger partial charge in [-0.15, -0.1) is 0 Å². The van der Waals surface area contributed by atoms with Crippen LogP contribution in [0.2, 0.25) is 0 Å². The van der Waals surface area contributed by atoms with Gasteiger partial charge in [0.25, 0.3) is 0 Å². The molecule has 0 aliphatic heterocycles. The Hall–Kier alpha value is -0.670. The molecule has 0 aromatic heterocycles.